The second-order valence-corrected chi connectivity index (χ2v) is 12.4. The molecule has 1 aliphatic rings. The van der Waals surface area contributed by atoms with Crippen LogP contribution in [0.1, 0.15) is 49.4 Å². The van der Waals surface area contributed by atoms with E-state index >= 15 is 0 Å². The van der Waals surface area contributed by atoms with E-state index in [2.05, 4.69) is 10.3 Å². The average molecular weight is 668 g/mol. The molecule has 49 heavy (non-hydrogen) atoms. The molecule has 1 fully saturated rings. The summed E-state index contributed by atoms with van der Waals surface area (Å²) in [5.41, 5.74) is 1.80. The van der Waals surface area contributed by atoms with E-state index in [9.17, 15) is 22.8 Å². The highest BCUT2D eigenvalue weighted by molar-refractivity contribution is 6.07. The molecule has 1 atom stereocenters. The Morgan fingerprint density at radius 2 is 1.57 bits per heavy atom. The van der Waals surface area contributed by atoms with Crippen molar-refractivity contribution in [3.63, 3.8) is 0 Å². The first kappa shape index (κ1) is 33.5. The molecule has 6 rings (SSSR count). The SMILES string of the molecule is CC(C)Oc1ccc(C2(C)NC(=O)N(CCCOc3ccc(-c4c(Cc5ccccc5)cnc5c(C(F)(F)F)cccc45)cc3)C2=O)cc1. The Morgan fingerprint density at radius 3 is 2.24 bits per heavy atom. The van der Waals surface area contributed by atoms with Gasteiger partial charge < -0.3 is 14.8 Å². The smallest absolute Gasteiger partial charge is 0.418 e. The molecule has 0 aliphatic carbocycles. The number of nitrogens with zero attached hydrogens (tertiary/aromatic N) is 2. The second kappa shape index (κ2) is 13.6. The van der Waals surface area contributed by atoms with Crippen molar-refractivity contribution in [3.05, 3.63) is 126 Å². The molecule has 5 aromatic rings. The van der Waals surface area contributed by atoms with Gasteiger partial charge in [0.25, 0.3) is 5.91 Å². The lowest BCUT2D eigenvalue weighted by atomic mass is 9.92. The molecule has 4 aromatic carbocycles. The minimum absolute atomic E-state index is 0.0135. The number of hydrogen-bond acceptors (Lipinski definition) is 5. The Morgan fingerprint density at radius 1 is 0.878 bits per heavy atom. The van der Waals surface area contributed by atoms with Crippen LogP contribution >= 0.6 is 0 Å². The third-order valence-electron chi connectivity index (χ3n) is 8.53. The number of aromatic nitrogens is 1. The lowest BCUT2D eigenvalue weighted by Crippen LogP contribution is -2.41. The largest absolute Gasteiger partial charge is 0.494 e. The van der Waals surface area contributed by atoms with Crippen molar-refractivity contribution in [1.82, 2.24) is 15.2 Å². The highest BCUT2D eigenvalue weighted by atomic mass is 19.4. The molecule has 1 N–H and O–H groups in total. The van der Waals surface area contributed by atoms with Crippen molar-refractivity contribution in [1.29, 1.82) is 0 Å². The van der Waals surface area contributed by atoms with E-state index in [1.165, 1.54) is 17.2 Å². The quantitative estimate of drug-likeness (QED) is 0.113. The number of benzene rings is 4. The van der Waals surface area contributed by atoms with Crippen LogP contribution in [0, 0.1) is 0 Å². The van der Waals surface area contributed by atoms with Gasteiger partial charge >= 0.3 is 12.2 Å². The van der Waals surface area contributed by atoms with Crippen molar-refractivity contribution in [3.8, 4) is 22.6 Å². The van der Waals surface area contributed by atoms with Crippen molar-refractivity contribution < 1.29 is 32.2 Å². The van der Waals surface area contributed by atoms with E-state index in [0.29, 0.717) is 40.9 Å². The fourth-order valence-electron chi connectivity index (χ4n) is 6.15. The summed E-state index contributed by atoms with van der Waals surface area (Å²) in [6.45, 7) is 5.95. The van der Waals surface area contributed by atoms with Crippen LogP contribution in [0.2, 0.25) is 0 Å². The number of carbonyl (C=O) groups excluding carboxylic acids is 2. The zero-order valence-electron chi connectivity index (χ0n) is 27.4. The average Bonchev–Trinajstić information content (AvgIpc) is 3.30. The van der Waals surface area contributed by atoms with Gasteiger partial charge in [0.15, 0.2) is 0 Å². The van der Waals surface area contributed by atoms with Crippen LogP contribution < -0.4 is 14.8 Å². The highest BCUT2D eigenvalue weighted by Crippen LogP contribution is 2.39. The van der Waals surface area contributed by atoms with Gasteiger partial charge in [0, 0.05) is 18.1 Å². The minimum atomic E-state index is -4.55. The molecule has 2 heterocycles. The summed E-state index contributed by atoms with van der Waals surface area (Å²) in [6.07, 6.45) is -2.11. The molecule has 0 spiro atoms. The molecular formula is C39H36F3N3O4. The molecule has 1 unspecified atom stereocenters. The number of imide groups is 1. The number of alkyl halides is 3. The Bertz CT molecular complexity index is 1960. The molecular weight excluding hydrogens is 631 g/mol. The molecule has 10 heteroatoms. The molecule has 0 saturated carbocycles. The molecule has 3 amide bonds. The van der Waals surface area contributed by atoms with Crippen LogP contribution in [-0.4, -0.2) is 41.1 Å². The lowest BCUT2D eigenvalue weighted by molar-refractivity contribution is -0.136. The van der Waals surface area contributed by atoms with Crippen LogP contribution in [0.15, 0.2) is 103 Å². The topological polar surface area (TPSA) is 80.8 Å². The number of urea groups is 1. The Kier molecular flexibility index (Phi) is 9.32. The third kappa shape index (κ3) is 7.09. The third-order valence-corrected chi connectivity index (χ3v) is 8.53. The second-order valence-electron chi connectivity index (χ2n) is 12.4. The maximum Gasteiger partial charge on any atom is 0.418 e. The molecule has 0 bridgehead atoms. The first-order chi connectivity index (χ1) is 23.4. The van der Waals surface area contributed by atoms with Gasteiger partial charge in [-0.05, 0) is 91.8 Å². The number of ether oxygens (including phenoxy) is 2. The number of carbonyl (C=O) groups is 2. The first-order valence-electron chi connectivity index (χ1n) is 16.1. The van der Waals surface area contributed by atoms with Gasteiger partial charge in [-0.25, -0.2) is 4.79 Å². The summed E-state index contributed by atoms with van der Waals surface area (Å²) in [7, 11) is 0. The number of fused-ring (bicyclic) bond motifs is 1. The van der Waals surface area contributed by atoms with E-state index in [0.717, 1.165) is 22.8 Å². The molecule has 7 nitrogen and oxygen atoms in total. The molecule has 0 radical (unpaired) electrons. The van der Waals surface area contributed by atoms with Crippen molar-refractivity contribution >= 4 is 22.8 Å². The number of rotatable bonds is 11. The van der Waals surface area contributed by atoms with Gasteiger partial charge in [0.05, 0.1) is 23.8 Å². The van der Waals surface area contributed by atoms with Gasteiger partial charge in [0.1, 0.15) is 17.0 Å². The summed E-state index contributed by atoms with van der Waals surface area (Å²) in [5, 5.41) is 3.23. The maximum absolute atomic E-state index is 13.9. The molecule has 1 aromatic heterocycles. The summed E-state index contributed by atoms with van der Waals surface area (Å²) in [6, 6.07) is 27.6. The number of pyridine rings is 1. The summed E-state index contributed by atoms with van der Waals surface area (Å²) in [5.74, 6) is 0.885. The van der Waals surface area contributed by atoms with Crippen LogP contribution in [0.25, 0.3) is 22.0 Å². The Labute approximate surface area is 282 Å². The fraction of sp³-hybridized carbons (Fsp3) is 0.256. The van der Waals surface area contributed by atoms with Gasteiger partial charge in [-0.2, -0.15) is 13.2 Å². The summed E-state index contributed by atoms with van der Waals surface area (Å²) >= 11 is 0. The standard InChI is InChI=1S/C39H36F3N3O4/c1-25(2)49-31-19-15-29(16-20-31)38(3)36(46)45(37(47)44-38)21-8-22-48-30-17-13-27(14-18-30)34-28(23-26-9-5-4-6-10-26)24-43-35-32(34)11-7-12-33(35)39(40,41)42/h4-7,9-20,24-25H,8,21-23H2,1-3H3,(H,44,47). The van der Waals surface area contributed by atoms with Gasteiger partial charge in [-0.1, -0.05) is 66.7 Å². The maximum atomic E-state index is 13.9. The van der Waals surface area contributed by atoms with Crippen LogP contribution in [0.5, 0.6) is 11.5 Å². The minimum Gasteiger partial charge on any atom is -0.494 e. The van der Waals surface area contributed by atoms with Gasteiger partial charge in [-0.3, -0.25) is 14.7 Å². The molecule has 1 saturated heterocycles. The molecule has 1 aliphatic heterocycles. The van der Waals surface area contributed by atoms with Gasteiger partial charge in [-0.15, -0.1) is 0 Å². The Hall–Kier alpha value is -5.38. The Balaban J connectivity index is 1.14. The van der Waals surface area contributed by atoms with E-state index in [1.54, 1.807) is 49.4 Å². The normalized spacial score (nSPS) is 16.3. The number of nitrogens with one attached hydrogen (secondary N) is 1. The van der Waals surface area contributed by atoms with Crippen molar-refractivity contribution in [2.24, 2.45) is 0 Å². The summed E-state index contributed by atoms with van der Waals surface area (Å²) in [4.78, 5) is 31.6. The zero-order chi connectivity index (χ0) is 34.8. The fourth-order valence-corrected chi connectivity index (χ4v) is 6.15. The van der Waals surface area contributed by atoms with E-state index in [-0.39, 0.29) is 30.7 Å². The predicted molar refractivity (Wildman–Crippen MR) is 181 cm³/mol. The predicted octanol–water partition coefficient (Wildman–Crippen LogP) is 8.53. The monoisotopic (exact) mass is 667 g/mol. The number of hydrogen-bond donors (Lipinski definition) is 1. The number of amides is 3. The van der Waals surface area contributed by atoms with Crippen LogP contribution in [0.4, 0.5) is 18.0 Å². The van der Waals surface area contributed by atoms with Crippen LogP contribution in [0.3, 0.4) is 0 Å². The van der Waals surface area contributed by atoms with E-state index in [1.807, 2.05) is 56.3 Å². The van der Waals surface area contributed by atoms with E-state index in [4.69, 9.17) is 9.47 Å². The summed E-state index contributed by atoms with van der Waals surface area (Å²) < 4.78 is 53.3. The lowest BCUT2D eigenvalue weighted by Gasteiger charge is -2.22. The van der Waals surface area contributed by atoms with Crippen molar-refractivity contribution in [2.45, 2.75) is 51.4 Å². The number of halogens is 3. The van der Waals surface area contributed by atoms with E-state index < -0.39 is 23.3 Å². The zero-order valence-corrected chi connectivity index (χ0v) is 27.4. The van der Waals surface area contributed by atoms with Crippen molar-refractivity contribution in [2.75, 3.05) is 13.2 Å². The first-order valence-corrected chi connectivity index (χ1v) is 16.1. The number of para-hydroxylation sites is 1. The van der Waals surface area contributed by atoms with Gasteiger partial charge in [0.2, 0.25) is 0 Å². The van der Waals surface area contributed by atoms with Crippen LogP contribution in [-0.2, 0) is 22.9 Å². The highest BCUT2D eigenvalue weighted by Gasteiger charge is 2.48. The molecule has 252 valence electrons.